The second-order valence-corrected chi connectivity index (χ2v) is 4.38. The Bertz CT molecular complexity index is 634. The summed E-state index contributed by atoms with van der Waals surface area (Å²) in [6.45, 7) is 0. The van der Waals surface area contributed by atoms with Crippen LogP contribution in [0.25, 0.3) is 0 Å². The van der Waals surface area contributed by atoms with Crippen molar-refractivity contribution in [3.05, 3.63) is 70.8 Å². The summed E-state index contributed by atoms with van der Waals surface area (Å²) in [6.07, 6.45) is 0. The van der Waals surface area contributed by atoms with Crippen LogP contribution in [0, 0.1) is 0 Å². The molecule has 5 N–H and O–H groups in total. The summed E-state index contributed by atoms with van der Waals surface area (Å²) < 4.78 is 0. The molecule has 0 spiro atoms. The van der Waals surface area contributed by atoms with E-state index in [1.807, 2.05) is 0 Å². The maximum absolute atomic E-state index is 10.3. The number of carbonyl (C=O) groups is 4. The third-order valence-corrected chi connectivity index (χ3v) is 2.76. The normalized spacial score (nSPS) is 8.62. The minimum Gasteiger partial charge on any atom is -0.870 e. The fourth-order valence-electron chi connectivity index (χ4n) is 1.51. The first-order valence-electron chi connectivity index (χ1n) is 6.35. The van der Waals surface area contributed by atoms with E-state index >= 15 is 0 Å². The second kappa shape index (κ2) is 11.4. The summed E-state index contributed by atoms with van der Waals surface area (Å²) >= 11 is 0. The number of hydrogen-bond acceptors (Lipinski definition) is 5. The Morgan fingerprint density at radius 1 is 0.462 bits per heavy atom. The largest absolute Gasteiger partial charge is 3.00 e. The van der Waals surface area contributed by atoms with Gasteiger partial charge in [0.15, 0.2) is 0 Å². The number of benzene rings is 2. The summed E-state index contributed by atoms with van der Waals surface area (Å²) in [6, 6.07) is 10.0. The van der Waals surface area contributed by atoms with E-state index in [-0.39, 0.29) is 45.1 Å². The van der Waals surface area contributed by atoms with Crippen molar-refractivity contribution in [2.75, 3.05) is 0 Å². The van der Waals surface area contributed by atoms with Gasteiger partial charge in [-0.05, 0) is 48.5 Å². The molecule has 0 bridgehead atoms. The Morgan fingerprint density at radius 2 is 0.577 bits per heavy atom. The molecule has 132 valence electrons. The smallest absolute Gasteiger partial charge is 0.870 e. The van der Waals surface area contributed by atoms with E-state index in [9.17, 15) is 19.2 Å². The van der Waals surface area contributed by atoms with Gasteiger partial charge in [0.1, 0.15) is 0 Å². The molecule has 0 atom stereocenters. The third-order valence-electron chi connectivity index (χ3n) is 2.76. The molecule has 0 amide bonds. The fraction of sp³-hybridized carbons (Fsp3) is 0. The number of rotatable bonds is 4. The maximum Gasteiger partial charge on any atom is 3.00 e. The minimum absolute atomic E-state index is 0. The molecule has 0 aliphatic heterocycles. The van der Waals surface area contributed by atoms with Crippen LogP contribution >= 0.6 is 0 Å². The van der Waals surface area contributed by atoms with Gasteiger partial charge < -0.3 is 25.9 Å². The molecule has 0 radical (unpaired) electrons. The molecule has 2 aromatic carbocycles. The molecule has 0 saturated carbocycles. The van der Waals surface area contributed by atoms with Crippen molar-refractivity contribution in [3.63, 3.8) is 0 Å². The monoisotopic (exact) mass is 376 g/mol. The number of aromatic carboxylic acids is 4. The van der Waals surface area contributed by atoms with Crippen molar-refractivity contribution in [1.29, 1.82) is 0 Å². The Balaban J connectivity index is 0. The Kier molecular flexibility index (Phi) is 11.0. The van der Waals surface area contributed by atoms with Gasteiger partial charge in [-0.3, -0.25) is 0 Å². The first-order chi connectivity index (χ1) is 11.2. The average molecular weight is 376 g/mol. The van der Waals surface area contributed by atoms with Crippen molar-refractivity contribution in [2.24, 2.45) is 0 Å². The predicted molar refractivity (Wildman–Crippen MR) is 88.4 cm³/mol. The molecule has 0 saturated heterocycles. The van der Waals surface area contributed by atoms with Crippen LogP contribution in [0.3, 0.4) is 0 Å². The zero-order valence-electron chi connectivity index (χ0n) is 13.1. The standard InChI is InChI=1S/2C8H6O4.Al.H2O/c2*9-7(10)5-1-2-6(4-3-5)8(11)12;;/h2*1-4H,(H,9,10)(H,11,12);;1H2/q;;+3;/p-1. The summed E-state index contributed by atoms with van der Waals surface area (Å²) in [5, 5.41) is 33.9. The van der Waals surface area contributed by atoms with Crippen LogP contribution in [0.5, 0.6) is 0 Å². The van der Waals surface area contributed by atoms with Crippen molar-refractivity contribution < 1.29 is 45.1 Å². The van der Waals surface area contributed by atoms with Gasteiger partial charge in [-0.1, -0.05) is 0 Å². The molecule has 10 heteroatoms. The van der Waals surface area contributed by atoms with Crippen molar-refractivity contribution in [2.45, 2.75) is 0 Å². The van der Waals surface area contributed by atoms with Crippen molar-refractivity contribution in [3.8, 4) is 0 Å². The van der Waals surface area contributed by atoms with Crippen LogP contribution in [0.1, 0.15) is 41.4 Å². The van der Waals surface area contributed by atoms with Gasteiger partial charge in [-0.25, -0.2) is 19.2 Å². The van der Waals surface area contributed by atoms with E-state index in [1.54, 1.807) is 0 Å². The molecular weight excluding hydrogens is 363 g/mol. The molecule has 0 unspecified atom stereocenters. The van der Waals surface area contributed by atoms with Gasteiger partial charge in [0, 0.05) is 0 Å². The van der Waals surface area contributed by atoms with Crippen molar-refractivity contribution >= 4 is 41.2 Å². The Hall–Kier alpha value is -3.19. The summed E-state index contributed by atoms with van der Waals surface area (Å²) in [4.78, 5) is 41.3. The average Bonchev–Trinajstić information content (AvgIpc) is 2.55. The van der Waals surface area contributed by atoms with Gasteiger partial charge in [-0.2, -0.15) is 0 Å². The van der Waals surface area contributed by atoms with Gasteiger partial charge in [0.2, 0.25) is 0 Å². The molecule has 9 nitrogen and oxygen atoms in total. The van der Waals surface area contributed by atoms with E-state index in [2.05, 4.69) is 0 Å². The Morgan fingerprint density at radius 3 is 0.654 bits per heavy atom. The Labute approximate surface area is 157 Å². The van der Waals surface area contributed by atoms with E-state index in [0.29, 0.717) is 0 Å². The molecule has 0 fully saturated rings. The zero-order valence-corrected chi connectivity index (χ0v) is 14.2. The molecule has 0 aliphatic carbocycles. The van der Waals surface area contributed by atoms with Gasteiger partial charge >= 0.3 is 41.2 Å². The molecule has 2 aromatic rings. The van der Waals surface area contributed by atoms with E-state index < -0.39 is 23.9 Å². The van der Waals surface area contributed by atoms with E-state index in [4.69, 9.17) is 20.4 Å². The van der Waals surface area contributed by atoms with Crippen LogP contribution in [0.15, 0.2) is 48.5 Å². The second-order valence-electron chi connectivity index (χ2n) is 4.38. The van der Waals surface area contributed by atoms with Gasteiger partial charge in [-0.15, -0.1) is 0 Å². The maximum atomic E-state index is 10.3. The number of hydrogen-bond donors (Lipinski definition) is 4. The van der Waals surface area contributed by atoms with Crippen LogP contribution in [-0.4, -0.2) is 67.1 Å². The van der Waals surface area contributed by atoms with Gasteiger partial charge in [0.25, 0.3) is 0 Å². The fourth-order valence-corrected chi connectivity index (χ4v) is 1.51. The topological polar surface area (TPSA) is 179 Å². The number of carboxylic acids is 4. The SMILES string of the molecule is O=C(O)c1ccc(C(=O)O)cc1.O=C(O)c1ccc(C(=O)O)cc1.[Al+3].[OH-]. The third kappa shape index (κ3) is 7.59. The summed E-state index contributed by atoms with van der Waals surface area (Å²) in [5.74, 6) is -4.25. The molecular formula is C16H13AlO9+2. The van der Waals surface area contributed by atoms with Crippen LogP contribution in [0.4, 0.5) is 0 Å². The molecule has 2 rings (SSSR count). The quantitative estimate of drug-likeness (QED) is 0.576. The number of carboxylic acid groups (broad SMARTS) is 4. The minimum atomic E-state index is -1.06. The van der Waals surface area contributed by atoms with Crippen LogP contribution < -0.4 is 0 Å². The first-order valence-corrected chi connectivity index (χ1v) is 6.35. The molecule has 0 aromatic heterocycles. The van der Waals surface area contributed by atoms with Crippen molar-refractivity contribution in [1.82, 2.24) is 0 Å². The molecule has 26 heavy (non-hydrogen) atoms. The van der Waals surface area contributed by atoms with Gasteiger partial charge in [0.05, 0.1) is 22.3 Å². The van der Waals surface area contributed by atoms with E-state index in [1.165, 1.54) is 48.5 Å². The van der Waals surface area contributed by atoms with Crippen LogP contribution in [0.2, 0.25) is 0 Å². The summed E-state index contributed by atoms with van der Waals surface area (Å²) in [5.41, 5.74) is 0.333. The van der Waals surface area contributed by atoms with Crippen LogP contribution in [-0.2, 0) is 0 Å². The molecule has 0 aliphatic rings. The summed E-state index contributed by atoms with van der Waals surface area (Å²) in [7, 11) is 0. The van der Waals surface area contributed by atoms with E-state index in [0.717, 1.165) is 0 Å². The first kappa shape index (κ1) is 25.1. The predicted octanol–water partition coefficient (Wildman–Crippen LogP) is 1.61. The molecule has 0 heterocycles. The zero-order chi connectivity index (χ0) is 18.3.